The third kappa shape index (κ3) is 5.08. The van der Waals surface area contributed by atoms with E-state index in [1.54, 1.807) is 18.5 Å². The number of aryl methyl sites for hydroxylation is 1. The number of nitrogens with zero attached hydrogens (tertiary/aromatic N) is 4. The van der Waals surface area contributed by atoms with Crippen LogP contribution in [0.5, 0.6) is 0 Å². The van der Waals surface area contributed by atoms with Crippen LogP contribution in [0.3, 0.4) is 0 Å². The molecule has 0 aliphatic heterocycles. The summed E-state index contributed by atoms with van der Waals surface area (Å²) in [5.74, 6) is 2.74. The molecular formula is C18H25N5O2. The second-order valence-corrected chi connectivity index (χ2v) is 6.68. The van der Waals surface area contributed by atoms with Gasteiger partial charge in [0.15, 0.2) is 0 Å². The summed E-state index contributed by atoms with van der Waals surface area (Å²) in [5, 5.41) is 6.90. The van der Waals surface area contributed by atoms with Crippen molar-refractivity contribution in [2.24, 2.45) is 11.8 Å². The van der Waals surface area contributed by atoms with Crippen molar-refractivity contribution >= 4 is 5.91 Å². The average Bonchev–Trinajstić information content (AvgIpc) is 3.15. The second kappa shape index (κ2) is 8.69. The molecule has 0 spiro atoms. The van der Waals surface area contributed by atoms with Gasteiger partial charge in [-0.25, -0.2) is 9.97 Å². The lowest BCUT2D eigenvalue weighted by atomic mass is 9.81. The van der Waals surface area contributed by atoms with E-state index in [9.17, 15) is 4.79 Å². The van der Waals surface area contributed by atoms with Gasteiger partial charge in [-0.05, 0) is 30.7 Å². The summed E-state index contributed by atoms with van der Waals surface area (Å²) in [6.45, 7) is 3.04. The third-order valence-electron chi connectivity index (χ3n) is 4.93. The number of hydrogen-bond donors (Lipinski definition) is 1. The Bertz CT molecular complexity index is 665. The Morgan fingerprint density at radius 3 is 2.60 bits per heavy atom. The molecular weight excluding hydrogens is 318 g/mol. The van der Waals surface area contributed by atoms with Crippen LogP contribution in [0.1, 0.15) is 51.3 Å². The van der Waals surface area contributed by atoms with Crippen molar-refractivity contribution in [3.63, 3.8) is 0 Å². The van der Waals surface area contributed by atoms with Gasteiger partial charge < -0.3 is 9.84 Å². The highest BCUT2D eigenvalue weighted by molar-refractivity contribution is 5.76. The Morgan fingerprint density at radius 2 is 1.88 bits per heavy atom. The van der Waals surface area contributed by atoms with Gasteiger partial charge in [-0.15, -0.1) is 0 Å². The summed E-state index contributed by atoms with van der Waals surface area (Å²) < 4.78 is 5.17. The first-order chi connectivity index (χ1) is 12.2. The van der Waals surface area contributed by atoms with Crippen LogP contribution in [0, 0.1) is 11.8 Å². The molecule has 25 heavy (non-hydrogen) atoms. The molecule has 2 aromatic heterocycles. The summed E-state index contributed by atoms with van der Waals surface area (Å²) in [5.41, 5.74) is 0. The van der Waals surface area contributed by atoms with E-state index in [2.05, 4.69) is 32.3 Å². The minimum Gasteiger partial charge on any atom is -0.356 e. The molecule has 1 N–H and O–H groups in total. The van der Waals surface area contributed by atoms with E-state index >= 15 is 0 Å². The van der Waals surface area contributed by atoms with Crippen LogP contribution in [-0.4, -0.2) is 32.6 Å². The predicted molar refractivity (Wildman–Crippen MR) is 92.4 cm³/mol. The van der Waals surface area contributed by atoms with Gasteiger partial charge in [-0.1, -0.05) is 31.3 Å². The molecule has 1 fully saturated rings. The maximum Gasteiger partial charge on any atom is 0.240 e. The molecule has 1 aliphatic rings. The van der Waals surface area contributed by atoms with Crippen molar-refractivity contribution in [1.82, 2.24) is 25.4 Å². The van der Waals surface area contributed by atoms with Gasteiger partial charge in [-0.2, -0.15) is 4.98 Å². The molecule has 1 aliphatic carbocycles. The van der Waals surface area contributed by atoms with Gasteiger partial charge in [-0.3, -0.25) is 4.79 Å². The van der Waals surface area contributed by atoms with Crippen LogP contribution in [0.25, 0.3) is 11.6 Å². The SMILES string of the molecule is CCC1CCC(CNC(=O)CCc2nc(-c3ncccn3)no2)CC1. The largest absolute Gasteiger partial charge is 0.356 e. The standard InChI is InChI=1S/C18H25N5O2/c1-2-13-4-6-14(7-5-13)12-21-15(24)8-9-16-22-18(23-25-16)17-19-10-3-11-20-17/h3,10-11,13-14H,2,4-9,12H2,1H3,(H,21,24). The molecule has 3 rings (SSSR count). The highest BCUT2D eigenvalue weighted by atomic mass is 16.5. The first-order valence-electron chi connectivity index (χ1n) is 9.11. The molecule has 1 amide bonds. The molecule has 0 aromatic carbocycles. The quantitative estimate of drug-likeness (QED) is 0.831. The molecule has 1 saturated carbocycles. The summed E-state index contributed by atoms with van der Waals surface area (Å²) in [6.07, 6.45) is 10.3. The predicted octanol–water partition coefficient (Wildman–Crippen LogP) is 2.79. The van der Waals surface area contributed by atoms with Gasteiger partial charge in [0.2, 0.25) is 23.4 Å². The number of carbonyl (C=O) groups is 1. The Kier molecular flexibility index (Phi) is 6.09. The number of rotatable bonds is 7. The summed E-state index contributed by atoms with van der Waals surface area (Å²) in [7, 11) is 0. The smallest absolute Gasteiger partial charge is 0.240 e. The molecule has 0 atom stereocenters. The van der Waals surface area contributed by atoms with E-state index < -0.39 is 0 Å². The topological polar surface area (TPSA) is 93.8 Å². The van der Waals surface area contributed by atoms with E-state index in [1.165, 1.54) is 32.1 Å². The fraction of sp³-hybridized carbons (Fsp3) is 0.611. The molecule has 0 bridgehead atoms. The van der Waals surface area contributed by atoms with Crippen LogP contribution >= 0.6 is 0 Å². The number of carbonyl (C=O) groups excluding carboxylic acids is 1. The Morgan fingerprint density at radius 1 is 1.16 bits per heavy atom. The zero-order valence-electron chi connectivity index (χ0n) is 14.6. The third-order valence-corrected chi connectivity index (χ3v) is 4.93. The molecule has 7 heteroatoms. The Labute approximate surface area is 147 Å². The normalized spacial score (nSPS) is 20.4. The maximum absolute atomic E-state index is 12.0. The van der Waals surface area contributed by atoms with Gasteiger partial charge in [0.25, 0.3) is 0 Å². The number of hydrogen-bond acceptors (Lipinski definition) is 6. The van der Waals surface area contributed by atoms with E-state index in [0.717, 1.165) is 12.5 Å². The molecule has 2 aromatic rings. The van der Waals surface area contributed by atoms with Crippen LogP contribution in [0.2, 0.25) is 0 Å². The summed E-state index contributed by atoms with van der Waals surface area (Å²) >= 11 is 0. The van der Waals surface area contributed by atoms with Crippen LogP contribution in [0.15, 0.2) is 23.0 Å². The first-order valence-corrected chi connectivity index (χ1v) is 9.11. The fourth-order valence-corrected chi connectivity index (χ4v) is 3.27. The lowest BCUT2D eigenvalue weighted by Gasteiger charge is -2.27. The van der Waals surface area contributed by atoms with Gasteiger partial charge >= 0.3 is 0 Å². The van der Waals surface area contributed by atoms with Crippen molar-refractivity contribution in [3.05, 3.63) is 24.4 Å². The molecule has 0 radical (unpaired) electrons. The van der Waals surface area contributed by atoms with Gasteiger partial charge in [0.1, 0.15) is 0 Å². The maximum atomic E-state index is 12.0. The highest BCUT2D eigenvalue weighted by Crippen LogP contribution is 2.30. The van der Waals surface area contributed by atoms with Crippen molar-refractivity contribution in [1.29, 1.82) is 0 Å². The highest BCUT2D eigenvalue weighted by Gasteiger charge is 2.20. The Balaban J connectivity index is 1.39. The fourth-order valence-electron chi connectivity index (χ4n) is 3.27. The van der Waals surface area contributed by atoms with Crippen molar-refractivity contribution in [2.75, 3.05) is 6.54 Å². The molecule has 0 saturated heterocycles. The van der Waals surface area contributed by atoms with Crippen molar-refractivity contribution in [3.8, 4) is 11.6 Å². The van der Waals surface area contributed by atoms with Gasteiger partial charge in [0, 0.05) is 31.8 Å². The monoisotopic (exact) mass is 343 g/mol. The van der Waals surface area contributed by atoms with Crippen molar-refractivity contribution < 1.29 is 9.32 Å². The lowest BCUT2D eigenvalue weighted by Crippen LogP contribution is -2.31. The van der Waals surface area contributed by atoms with Gasteiger partial charge in [0.05, 0.1) is 0 Å². The van der Waals surface area contributed by atoms with Crippen LogP contribution < -0.4 is 5.32 Å². The molecule has 2 heterocycles. The average molecular weight is 343 g/mol. The van der Waals surface area contributed by atoms with E-state index in [0.29, 0.717) is 36.3 Å². The minimum atomic E-state index is 0.0355. The van der Waals surface area contributed by atoms with Crippen LogP contribution in [0.4, 0.5) is 0 Å². The minimum absolute atomic E-state index is 0.0355. The number of amides is 1. The van der Waals surface area contributed by atoms with Crippen LogP contribution in [-0.2, 0) is 11.2 Å². The molecule has 0 unspecified atom stereocenters. The Hall–Kier alpha value is -2.31. The zero-order valence-corrected chi connectivity index (χ0v) is 14.6. The van der Waals surface area contributed by atoms with E-state index in [4.69, 9.17) is 4.52 Å². The van der Waals surface area contributed by atoms with E-state index in [-0.39, 0.29) is 5.91 Å². The zero-order chi connectivity index (χ0) is 17.5. The first kappa shape index (κ1) is 17.5. The van der Waals surface area contributed by atoms with E-state index in [1.807, 2.05) is 0 Å². The summed E-state index contributed by atoms with van der Waals surface area (Å²) in [6, 6.07) is 1.73. The number of nitrogens with one attached hydrogen (secondary N) is 1. The molecule has 7 nitrogen and oxygen atoms in total. The lowest BCUT2D eigenvalue weighted by molar-refractivity contribution is -0.121. The second-order valence-electron chi connectivity index (χ2n) is 6.68. The number of aromatic nitrogens is 4. The summed E-state index contributed by atoms with van der Waals surface area (Å²) in [4.78, 5) is 24.4. The molecule has 134 valence electrons. The van der Waals surface area contributed by atoms with Crippen molar-refractivity contribution in [2.45, 2.75) is 51.9 Å².